The number of pyridine rings is 1. The number of nitrogens with zero attached hydrogens (tertiary/aromatic N) is 11. The van der Waals surface area contributed by atoms with Crippen LogP contribution in [0.2, 0.25) is 0 Å². The van der Waals surface area contributed by atoms with Crippen molar-refractivity contribution in [2.45, 2.75) is 82.5 Å². The van der Waals surface area contributed by atoms with Crippen LogP contribution >= 0.6 is 0 Å². The van der Waals surface area contributed by atoms with E-state index in [1.54, 1.807) is 12.4 Å². The predicted molar refractivity (Wildman–Crippen MR) is 239 cm³/mol. The van der Waals surface area contributed by atoms with Crippen molar-refractivity contribution in [1.29, 1.82) is 0 Å². The van der Waals surface area contributed by atoms with Crippen LogP contribution in [0.5, 0.6) is 0 Å². The predicted octanol–water partition coefficient (Wildman–Crippen LogP) is 4.06. The first-order valence-corrected chi connectivity index (χ1v) is 22.4. The van der Waals surface area contributed by atoms with E-state index in [1.807, 2.05) is 43.6 Å². The van der Waals surface area contributed by atoms with Gasteiger partial charge in [0.15, 0.2) is 17.0 Å². The zero-order valence-electron chi connectivity index (χ0n) is 35.7. The summed E-state index contributed by atoms with van der Waals surface area (Å²) in [5.41, 5.74) is 6.36. The number of carbonyl (C=O) groups is 3. The Morgan fingerprint density at radius 2 is 1.61 bits per heavy atom. The number of piperazine rings is 1. The Morgan fingerprint density at radius 1 is 0.844 bits per heavy atom. The first-order chi connectivity index (χ1) is 31.1. The van der Waals surface area contributed by atoms with Gasteiger partial charge in [0.1, 0.15) is 23.6 Å². The minimum absolute atomic E-state index is 0.0726. The van der Waals surface area contributed by atoms with Gasteiger partial charge >= 0.3 is 0 Å². The summed E-state index contributed by atoms with van der Waals surface area (Å²) in [6, 6.07) is 19.8. The molecule has 0 bridgehead atoms. The average molecular weight is 863 g/mol. The summed E-state index contributed by atoms with van der Waals surface area (Å²) >= 11 is 0. The maximum Gasteiger partial charge on any atom is 0.278 e. The normalized spacial score (nSPS) is 22.6. The molecule has 4 aromatic heterocycles. The number of imidazole rings is 1. The molecule has 1 atom stereocenters. The molecule has 11 rings (SSSR count). The first kappa shape index (κ1) is 40.0. The Kier molecular flexibility index (Phi) is 10.0. The molecule has 5 fully saturated rings. The number of hydrogen-bond donors (Lipinski definition) is 3. The van der Waals surface area contributed by atoms with Gasteiger partial charge in [0, 0.05) is 86.6 Å². The van der Waals surface area contributed by atoms with E-state index in [4.69, 9.17) is 4.98 Å². The van der Waals surface area contributed by atoms with E-state index < -0.39 is 11.9 Å². The van der Waals surface area contributed by atoms with Crippen LogP contribution in [0.4, 0.5) is 22.9 Å². The topological polar surface area (TPSA) is 201 Å². The maximum absolute atomic E-state index is 13.5. The Labute approximate surface area is 368 Å². The third-order valence-corrected chi connectivity index (χ3v) is 14.3. The lowest BCUT2D eigenvalue weighted by atomic mass is 9.60. The zero-order valence-corrected chi connectivity index (χ0v) is 35.7. The monoisotopic (exact) mass is 862 g/mol. The van der Waals surface area contributed by atoms with E-state index in [-0.39, 0.29) is 42.3 Å². The Hall–Kier alpha value is -6.82. The molecule has 18 heteroatoms. The fourth-order valence-corrected chi connectivity index (χ4v) is 10.5. The number of aryl methyl sites for hydroxylation is 1. The van der Waals surface area contributed by atoms with E-state index in [0.29, 0.717) is 39.4 Å². The summed E-state index contributed by atoms with van der Waals surface area (Å²) in [6.45, 7) is 7.80. The highest BCUT2D eigenvalue weighted by molar-refractivity contribution is 5.99. The van der Waals surface area contributed by atoms with E-state index in [9.17, 15) is 19.2 Å². The molecule has 2 saturated carbocycles. The number of piperidine rings is 2. The fraction of sp³-hybridized carbons (Fsp3) is 0.435. The highest BCUT2D eigenvalue weighted by Crippen LogP contribution is 2.51. The summed E-state index contributed by atoms with van der Waals surface area (Å²) in [6.07, 6.45) is 10.1. The fourth-order valence-electron chi connectivity index (χ4n) is 10.5. The highest BCUT2D eigenvalue weighted by atomic mass is 16.2. The van der Waals surface area contributed by atoms with Crippen LogP contribution in [-0.4, -0.2) is 113 Å². The summed E-state index contributed by atoms with van der Waals surface area (Å²) in [5, 5.41) is 17.6. The average Bonchev–Trinajstić information content (AvgIpc) is 3.72. The Morgan fingerprint density at radius 3 is 2.38 bits per heavy atom. The SMILES string of the molecule is Cc1cccc(C(=O)NC2CC(n3cnc4c(Nc5ccc(N6CCN(C7CC8(CCN(c9ccc%10nnn([C@H]%11CCC(=O)NC%11=O)c(=O)c%10c9)CC8)C7)CC6)cc5)ncnc43)C2)n1. The van der Waals surface area contributed by atoms with Gasteiger partial charge in [-0.15, -0.1) is 5.10 Å². The lowest BCUT2D eigenvalue weighted by Crippen LogP contribution is -2.59. The molecule has 5 aliphatic rings. The van der Waals surface area contributed by atoms with Crippen LogP contribution < -0.4 is 31.3 Å². The summed E-state index contributed by atoms with van der Waals surface area (Å²) in [4.78, 5) is 76.0. The number of aromatic nitrogens is 8. The molecule has 0 radical (unpaired) electrons. The van der Waals surface area contributed by atoms with Crippen molar-refractivity contribution in [1.82, 2.24) is 55.0 Å². The van der Waals surface area contributed by atoms with E-state index >= 15 is 0 Å². The number of carbonyl (C=O) groups excluding carboxylic acids is 3. The van der Waals surface area contributed by atoms with E-state index in [0.717, 1.165) is 92.3 Å². The number of amides is 3. The van der Waals surface area contributed by atoms with Crippen molar-refractivity contribution in [2.24, 2.45) is 5.41 Å². The van der Waals surface area contributed by atoms with Gasteiger partial charge in [-0.05, 0) is 112 Å². The highest BCUT2D eigenvalue weighted by Gasteiger charge is 2.48. The number of hydrogen-bond acceptors (Lipinski definition) is 14. The standard InChI is InChI=1S/C46H50N14O4/c1-28-3-2-4-37(50-28)43(62)52-30-21-33(22-30)59-27-49-40-41(47-26-48-42(40)59)51-29-5-7-31(8-6-29)57-17-19-58(20-18-57)34-24-46(25-34)13-15-56(16-14-46)32-9-10-36-35(23-32)45(64)60(55-54-36)38-11-12-39(61)53-44(38)63/h2-10,23,26-27,30,33-34,38H,11-22,24-25H2,1H3,(H,52,62)(H,47,48,51)(H,53,61,63)/t30?,33?,38-/m0/s1. The Balaban J connectivity index is 0.647. The van der Waals surface area contributed by atoms with Gasteiger partial charge in [0.25, 0.3) is 17.4 Å². The van der Waals surface area contributed by atoms with Crippen molar-refractivity contribution >= 4 is 62.7 Å². The lowest BCUT2D eigenvalue weighted by Gasteiger charge is -2.56. The second-order valence-corrected chi connectivity index (χ2v) is 18.3. The molecular weight excluding hydrogens is 813 g/mol. The van der Waals surface area contributed by atoms with Gasteiger partial charge in [-0.2, -0.15) is 4.68 Å². The molecule has 3 amide bonds. The molecule has 64 heavy (non-hydrogen) atoms. The first-order valence-electron chi connectivity index (χ1n) is 22.4. The van der Waals surface area contributed by atoms with Crippen molar-refractivity contribution < 1.29 is 14.4 Å². The minimum atomic E-state index is -0.840. The molecule has 7 heterocycles. The van der Waals surface area contributed by atoms with Crippen LogP contribution in [0.1, 0.15) is 79.6 Å². The molecule has 1 spiro atoms. The largest absolute Gasteiger partial charge is 0.371 e. The molecule has 3 saturated heterocycles. The van der Waals surface area contributed by atoms with Crippen molar-refractivity contribution in [3.05, 3.63) is 95.1 Å². The van der Waals surface area contributed by atoms with Crippen molar-refractivity contribution in [3.63, 3.8) is 0 Å². The number of fused-ring (bicyclic) bond motifs is 2. The summed E-state index contributed by atoms with van der Waals surface area (Å²) < 4.78 is 3.21. The molecular formula is C46H50N14O4. The summed E-state index contributed by atoms with van der Waals surface area (Å²) in [5.74, 6) is -0.339. The number of rotatable bonds is 9. The smallest absolute Gasteiger partial charge is 0.278 e. The third-order valence-electron chi connectivity index (χ3n) is 14.3. The quantitative estimate of drug-likeness (QED) is 0.176. The van der Waals surface area contributed by atoms with E-state index in [1.165, 1.54) is 18.5 Å². The molecule has 2 aromatic carbocycles. The van der Waals surface area contributed by atoms with Gasteiger partial charge in [0.05, 0.1) is 11.7 Å². The molecule has 2 aliphatic carbocycles. The Bertz CT molecular complexity index is 2830. The number of anilines is 4. The van der Waals surface area contributed by atoms with Crippen LogP contribution in [-0.2, 0) is 9.59 Å². The molecule has 0 unspecified atom stereocenters. The summed E-state index contributed by atoms with van der Waals surface area (Å²) in [7, 11) is 0. The van der Waals surface area contributed by atoms with Gasteiger partial charge in [0.2, 0.25) is 5.91 Å². The van der Waals surface area contributed by atoms with Crippen molar-refractivity contribution in [3.8, 4) is 0 Å². The maximum atomic E-state index is 13.5. The molecule has 3 aliphatic heterocycles. The molecule has 6 aromatic rings. The second kappa shape index (κ2) is 16.1. The van der Waals surface area contributed by atoms with Crippen LogP contribution in [0.25, 0.3) is 22.1 Å². The lowest BCUT2D eigenvalue weighted by molar-refractivity contribution is -0.136. The number of benzene rings is 2. The van der Waals surface area contributed by atoms with Crippen LogP contribution in [0.15, 0.2) is 78.1 Å². The number of imide groups is 1. The second-order valence-electron chi connectivity index (χ2n) is 18.3. The van der Waals surface area contributed by atoms with Gasteiger partial charge < -0.3 is 25.0 Å². The molecule has 328 valence electrons. The van der Waals surface area contributed by atoms with Crippen molar-refractivity contribution in [2.75, 3.05) is 54.4 Å². The molecule has 3 N–H and O–H groups in total. The third kappa shape index (κ3) is 7.48. The van der Waals surface area contributed by atoms with Crippen LogP contribution in [0, 0.1) is 12.3 Å². The molecule has 18 nitrogen and oxygen atoms in total. The van der Waals surface area contributed by atoms with Gasteiger partial charge in [-0.3, -0.25) is 29.4 Å². The van der Waals surface area contributed by atoms with Gasteiger partial charge in [-0.1, -0.05) is 11.3 Å². The number of nitrogens with one attached hydrogen (secondary N) is 3. The van der Waals surface area contributed by atoms with E-state index in [2.05, 4.69) is 84.7 Å². The minimum Gasteiger partial charge on any atom is -0.371 e. The zero-order chi connectivity index (χ0) is 43.5. The van der Waals surface area contributed by atoms with Gasteiger partial charge in [-0.25, -0.2) is 19.9 Å². The van der Waals surface area contributed by atoms with Crippen LogP contribution in [0.3, 0.4) is 0 Å².